The minimum atomic E-state index is -1.75. The van der Waals surface area contributed by atoms with E-state index in [-0.39, 0.29) is 66.1 Å². The molecule has 24 heavy (non-hydrogen) atoms. The summed E-state index contributed by atoms with van der Waals surface area (Å²) in [7, 11) is 0. The van der Waals surface area contributed by atoms with Crippen molar-refractivity contribution in [2.45, 2.75) is 0 Å². The van der Waals surface area contributed by atoms with Crippen LogP contribution in [0.15, 0.2) is 0 Å². The van der Waals surface area contributed by atoms with Crippen LogP contribution in [0.3, 0.4) is 0 Å². The number of hydrogen-bond acceptors (Lipinski definition) is 12. The minimum Gasteiger partial charge on any atom is -0.412 e. The first-order valence-corrected chi connectivity index (χ1v) is 2.19. The average molecular weight is 474 g/mol. The Morgan fingerprint density at radius 1 is 0.375 bits per heavy atom. The van der Waals surface area contributed by atoms with Gasteiger partial charge in [0.15, 0.2) is 0 Å². The van der Waals surface area contributed by atoms with Gasteiger partial charge in [-0.3, -0.25) is 0 Å². The van der Waals surface area contributed by atoms with E-state index in [0.717, 1.165) is 0 Å². The van der Waals surface area contributed by atoms with Crippen LogP contribution in [0.2, 0.25) is 0 Å². The van der Waals surface area contributed by atoms with Gasteiger partial charge in [0.05, 0.1) is 20.3 Å². The normalized spacial score (nSPS) is 4.00. The summed E-state index contributed by atoms with van der Waals surface area (Å²) in [4.78, 5) is 33.0. The molecular formula is H12CoN4NiO18. The molecule has 159 valence electrons. The van der Waals surface area contributed by atoms with Gasteiger partial charge in [0.25, 0.3) is 0 Å². The fourth-order valence-electron chi connectivity index (χ4n) is 0. The summed E-state index contributed by atoms with van der Waals surface area (Å²) in [6.45, 7) is 0. The maximum absolute atomic E-state index is 8.25. The van der Waals surface area contributed by atoms with Gasteiger partial charge in [-0.1, -0.05) is 0 Å². The second-order valence-corrected chi connectivity index (χ2v) is 0.894. The van der Waals surface area contributed by atoms with Gasteiger partial charge in [-0.05, 0) is 0 Å². The van der Waals surface area contributed by atoms with E-state index in [4.69, 9.17) is 61.3 Å². The molecule has 24 heteroatoms. The molecule has 0 bridgehead atoms. The molecule has 22 nitrogen and oxygen atoms in total. The first kappa shape index (κ1) is 99.7. The Bertz CT molecular complexity index is 167. The molecule has 0 aromatic heterocycles. The van der Waals surface area contributed by atoms with Crippen LogP contribution in [0.1, 0.15) is 0 Å². The molecule has 0 saturated carbocycles. The number of rotatable bonds is 0. The van der Waals surface area contributed by atoms with Crippen LogP contribution in [0.5, 0.6) is 0 Å². The molecule has 0 amide bonds. The van der Waals surface area contributed by atoms with E-state index >= 15 is 0 Å². The first-order chi connectivity index (χ1) is 6.93. The molecule has 0 aliphatic rings. The van der Waals surface area contributed by atoms with Gasteiger partial charge in [0.2, 0.25) is 0 Å². The Hall–Kier alpha value is -2.44. The topological polar surface area (TPSA) is 454 Å². The van der Waals surface area contributed by atoms with Crippen molar-refractivity contribution >= 4 is 0 Å². The standard InChI is InChI=1S/Co.4NO3.Ni.6H2O/c;4*2-1(3)4;;;;;;;/h;;;;;;6*1H2/q+2;4*-1;+2;;;;;;. The van der Waals surface area contributed by atoms with Crippen molar-refractivity contribution < 1.29 is 86.5 Å². The van der Waals surface area contributed by atoms with Crippen molar-refractivity contribution in [3.8, 4) is 0 Å². The van der Waals surface area contributed by atoms with Gasteiger partial charge in [0, 0.05) is 0 Å². The fraction of sp³-hybridized carbons (Fsp3) is 0. The Balaban J connectivity index is -0.00000000720. The van der Waals surface area contributed by atoms with E-state index in [1.165, 1.54) is 0 Å². The SMILES string of the molecule is O.O.O.O.O.O.O=[N+]([O-])[O-].O=[N+]([O-])[O-].O=[N+]([O-])[O-].O=[N+]([O-])[O-].[Co+2].[Ni+2]. The second kappa shape index (κ2) is 86.1. The third-order valence-electron chi connectivity index (χ3n) is 0. The van der Waals surface area contributed by atoms with Crippen molar-refractivity contribution in [1.82, 2.24) is 0 Å². The third-order valence-corrected chi connectivity index (χ3v) is 0. The molecule has 0 aromatic rings. The molecule has 0 spiro atoms. The molecule has 0 aromatic carbocycles. The summed E-state index contributed by atoms with van der Waals surface area (Å²) in [5.41, 5.74) is 0. The summed E-state index contributed by atoms with van der Waals surface area (Å²) in [5, 5.41) is 59.0. The number of nitrogens with zero attached hydrogens (tertiary/aromatic N) is 4. The summed E-state index contributed by atoms with van der Waals surface area (Å²) < 4.78 is 0. The molecule has 0 fully saturated rings. The second-order valence-electron chi connectivity index (χ2n) is 0.894. The Morgan fingerprint density at radius 2 is 0.375 bits per heavy atom. The van der Waals surface area contributed by atoms with Crippen LogP contribution in [0.25, 0.3) is 0 Å². The van der Waals surface area contributed by atoms with Crippen LogP contribution >= 0.6 is 0 Å². The predicted molar refractivity (Wildman–Crippen MR) is 63.1 cm³/mol. The van der Waals surface area contributed by atoms with E-state index in [9.17, 15) is 0 Å². The van der Waals surface area contributed by atoms with Gasteiger partial charge in [-0.25, -0.2) is 0 Å². The van der Waals surface area contributed by atoms with Crippen molar-refractivity contribution in [2.75, 3.05) is 0 Å². The Kier molecular flexibility index (Phi) is 358. The quantitative estimate of drug-likeness (QED) is 0.180. The van der Waals surface area contributed by atoms with Crippen molar-refractivity contribution in [2.24, 2.45) is 0 Å². The molecule has 0 saturated heterocycles. The smallest absolute Gasteiger partial charge is 0.412 e. The molecule has 12 N–H and O–H groups in total. The van der Waals surface area contributed by atoms with Gasteiger partial charge in [-0.15, -0.1) is 0 Å². The van der Waals surface area contributed by atoms with E-state index in [2.05, 4.69) is 0 Å². The van der Waals surface area contributed by atoms with Crippen LogP contribution in [-0.2, 0) is 33.3 Å². The summed E-state index contributed by atoms with van der Waals surface area (Å²) in [5.74, 6) is 0. The van der Waals surface area contributed by atoms with E-state index in [1.807, 2.05) is 0 Å². The monoisotopic (exact) mass is 473 g/mol. The third kappa shape index (κ3) is 1130. The molecule has 1 radical (unpaired) electrons. The van der Waals surface area contributed by atoms with Crippen LogP contribution in [0.4, 0.5) is 0 Å². The Morgan fingerprint density at radius 3 is 0.375 bits per heavy atom. The molecule has 0 unspecified atom stereocenters. The Labute approximate surface area is 148 Å². The van der Waals surface area contributed by atoms with E-state index in [1.54, 1.807) is 0 Å². The molecule has 0 rings (SSSR count). The molecule has 0 aliphatic heterocycles. The van der Waals surface area contributed by atoms with Gasteiger partial charge in [-0.2, -0.15) is 0 Å². The minimum absolute atomic E-state index is 0. The van der Waals surface area contributed by atoms with Crippen molar-refractivity contribution in [1.29, 1.82) is 0 Å². The molecular weight excluding hydrogens is 462 g/mol. The maximum Gasteiger partial charge on any atom is 2.00 e. The molecule has 0 heterocycles. The first-order valence-electron chi connectivity index (χ1n) is 2.19. The largest absolute Gasteiger partial charge is 2.00 e. The van der Waals surface area contributed by atoms with Crippen LogP contribution < -0.4 is 0 Å². The predicted octanol–water partition coefficient (Wildman–Crippen LogP) is -5.91. The van der Waals surface area contributed by atoms with Crippen LogP contribution in [-0.4, -0.2) is 53.2 Å². The molecule has 0 atom stereocenters. The van der Waals surface area contributed by atoms with E-state index < -0.39 is 20.3 Å². The van der Waals surface area contributed by atoms with Gasteiger partial charge in [0.1, 0.15) is 0 Å². The summed E-state index contributed by atoms with van der Waals surface area (Å²) in [6.07, 6.45) is 0. The van der Waals surface area contributed by atoms with Gasteiger partial charge < -0.3 is 94.1 Å². The van der Waals surface area contributed by atoms with Crippen LogP contribution in [0, 0.1) is 61.3 Å². The zero-order valence-electron chi connectivity index (χ0n) is 10.3. The van der Waals surface area contributed by atoms with Gasteiger partial charge >= 0.3 is 33.3 Å². The number of hydrogen-bond donors (Lipinski definition) is 0. The summed E-state index contributed by atoms with van der Waals surface area (Å²) in [6, 6.07) is 0. The average Bonchev–Trinajstić information content (AvgIpc) is 1.76. The molecule has 0 aliphatic carbocycles. The zero-order valence-corrected chi connectivity index (χ0v) is 12.4. The summed E-state index contributed by atoms with van der Waals surface area (Å²) >= 11 is 0. The fourth-order valence-corrected chi connectivity index (χ4v) is 0. The van der Waals surface area contributed by atoms with Crippen molar-refractivity contribution in [3.05, 3.63) is 61.3 Å². The maximum atomic E-state index is 8.25. The van der Waals surface area contributed by atoms with E-state index in [0.29, 0.717) is 0 Å². The zero-order chi connectivity index (χ0) is 14.3. The van der Waals surface area contributed by atoms with Crippen molar-refractivity contribution in [3.63, 3.8) is 0 Å².